The number of benzene rings is 2. The first kappa shape index (κ1) is 21.6. The molecule has 1 aromatic heterocycles. The normalized spacial score (nSPS) is 24.0. The Labute approximate surface area is 175 Å². The van der Waals surface area contributed by atoms with Gasteiger partial charge in [0.2, 0.25) is 0 Å². The predicted octanol–water partition coefficient (Wildman–Crippen LogP) is 0.544. The van der Waals surface area contributed by atoms with Gasteiger partial charge in [-0.25, -0.2) is 4.79 Å². The number of hydrogen-bond acceptors (Lipinski definition) is 6. The van der Waals surface area contributed by atoms with Crippen molar-refractivity contribution in [3.8, 4) is 11.3 Å². The molecule has 4 rings (SSSR count). The fourth-order valence-corrected chi connectivity index (χ4v) is 4.40. The van der Waals surface area contributed by atoms with Crippen LogP contribution < -0.4 is 11.2 Å². The van der Waals surface area contributed by atoms with Gasteiger partial charge in [0.1, 0.15) is 12.2 Å². The van der Waals surface area contributed by atoms with E-state index in [1.165, 1.54) is 6.07 Å². The molecule has 0 radical (unpaired) electrons. The van der Waals surface area contributed by atoms with Gasteiger partial charge in [0, 0.05) is 6.07 Å². The van der Waals surface area contributed by atoms with Gasteiger partial charge in [0.05, 0.1) is 18.0 Å². The molecule has 0 spiro atoms. The summed E-state index contributed by atoms with van der Waals surface area (Å²) in [6.45, 7) is 0. The Morgan fingerprint density at radius 3 is 2.42 bits per heavy atom. The fourth-order valence-electron chi connectivity index (χ4n) is 3.81. The fraction of sp³-hybridized carbons (Fsp3) is 0.300. The van der Waals surface area contributed by atoms with E-state index in [0.717, 1.165) is 15.3 Å². The zero-order chi connectivity index (χ0) is 22.3. The summed E-state index contributed by atoms with van der Waals surface area (Å²) in [5.41, 5.74) is -0.796. The second kappa shape index (κ2) is 8.16. The van der Waals surface area contributed by atoms with Crippen LogP contribution in [0.1, 0.15) is 12.6 Å². The number of nitrogens with zero attached hydrogens (tertiary/aromatic N) is 1. The third kappa shape index (κ3) is 4.40. The predicted molar refractivity (Wildman–Crippen MR) is 112 cm³/mol. The minimum Gasteiger partial charge on any atom is -0.388 e. The Balaban J connectivity index is 1.77. The number of hydrogen-bond donors (Lipinski definition) is 5. The minimum absolute atomic E-state index is 0.173. The largest absolute Gasteiger partial charge is 0.388 e. The van der Waals surface area contributed by atoms with Gasteiger partial charge < -0.3 is 24.7 Å². The van der Waals surface area contributed by atoms with Gasteiger partial charge in [-0.15, -0.1) is 0 Å². The molecule has 1 aliphatic rings. The number of aromatic nitrogens is 2. The third-order valence-corrected chi connectivity index (χ3v) is 6.16. The van der Waals surface area contributed by atoms with Gasteiger partial charge in [-0.05, 0) is 28.8 Å². The third-order valence-electron chi connectivity index (χ3n) is 5.32. The number of rotatable bonds is 5. The van der Waals surface area contributed by atoms with Crippen LogP contribution in [-0.4, -0.2) is 54.0 Å². The topological polar surface area (TPSA) is 162 Å². The molecule has 1 saturated heterocycles. The van der Waals surface area contributed by atoms with E-state index in [1.54, 1.807) is 12.1 Å². The van der Waals surface area contributed by atoms with Crippen LogP contribution in [-0.2, 0) is 9.30 Å². The van der Waals surface area contributed by atoms with Crippen molar-refractivity contribution in [2.45, 2.75) is 31.0 Å². The van der Waals surface area contributed by atoms with E-state index in [-0.39, 0.29) is 12.1 Å². The average Bonchev–Trinajstić information content (AvgIpc) is 2.99. The summed E-state index contributed by atoms with van der Waals surface area (Å²) in [6, 6.07) is 14.0. The first-order valence-electron chi connectivity index (χ1n) is 9.55. The van der Waals surface area contributed by atoms with Crippen molar-refractivity contribution in [1.82, 2.24) is 9.55 Å². The Hall–Kier alpha value is -2.59. The van der Waals surface area contributed by atoms with Crippen LogP contribution in [0.15, 0.2) is 58.1 Å². The highest BCUT2D eigenvalue weighted by molar-refractivity contribution is 7.51. The zero-order valence-corrected chi connectivity index (χ0v) is 17.1. The van der Waals surface area contributed by atoms with Crippen molar-refractivity contribution in [2.24, 2.45) is 0 Å². The molecule has 0 amide bonds. The lowest BCUT2D eigenvalue weighted by atomic mass is 10.0. The van der Waals surface area contributed by atoms with Crippen LogP contribution in [0.25, 0.3) is 22.0 Å². The van der Waals surface area contributed by atoms with Gasteiger partial charge in [-0.2, -0.15) is 0 Å². The molecule has 5 N–H and O–H groups in total. The van der Waals surface area contributed by atoms with E-state index < -0.39 is 49.5 Å². The van der Waals surface area contributed by atoms with E-state index in [0.29, 0.717) is 5.56 Å². The number of aliphatic hydroxyl groups excluding tert-OH is 2. The van der Waals surface area contributed by atoms with Crippen LogP contribution >= 0.6 is 7.60 Å². The maximum absolute atomic E-state index is 12.7. The van der Waals surface area contributed by atoms with E-state index in [9.17, 15) is 24.4 Å². The van der Waals surface area contributed by atoms with Gasteiger partial charge in [0.15, 0.2) is 6.23 Å². The van der Waals surface area contributed by atoms with Crippen molar-refractivity contribution < 1.29 is 29.3 Å². The van der Waals surface area contributed by atoms with E-state index in [1.807, 2.05) is 30.3 Å². The van der Waals surface area contributed by atoms with Crippen LogP contribution in [0.3, 0.4) is 0 Å². The summed E-state index contributed by atoms with van der Waals surface area (Å²) >= 11 is 0. The summed E-state index contributed by atoms with van der Waals surface area (Å²) in [6.07, 6.45) is -6.25. The first-order chi connectivity index (χ1) is 14.6. The van der Waals surface area contributed by atoms with Crippen molar-refractivity contribution in [2.75, 3.05) is 6.16 Å². The Morgan fingerprint density at radius 1 is 1.00 bits per heavy atom. The molecule has 4 atom stereocenters. The lowest BCUT2D eigenvalue weighted by Gasteiger charge is -2.21. The number of aromatic amines is 1. The Morgan fingerprint density at radius 2 is 1.71 bits per heavy atom. The molecular formula is C20H21N2O8P. The Kier molecular flexibility index (Phi) is 5.69. The van der Waals surface area contributed by atoms with Crippen LogP contribution in [0.4, 0.5) is 0 Å². The second-order valence-corrected chi connectivity index (χ2v) is 9.26. The SMILES string of the molecule is O=c1cc(-c2ccc3ccccc3c2)n([C@@H]2O[C@H](CCP(=O)(O)O)[C@@H](O)[C@H]2O)c(=O)[nH]1. The van der Waals surface area contributed by atoms with Crippen molar-refractivity contribution in [1.29, 1.82) is 0 Å². The molecule has 0 bridgehead atoms. The van der Waals surface area contributed by atoms with E-state index >= 15 is 0 Å². The molecule has 11 heteroatoms. The molecule has 2 aromatic carbocycles. The summed E-state index contributed by atoms with van der Waals surface area (Å²) < 4.78 is 17.8. The summed E-state index contributed by atoms with van der Waals surface area (Å²) in [5, 5.41) is 22.7. The van der Waals surface area contributed by atoms with Crippen molar-refractivity contribution >= 4 is 18.4 Å². The van der Waals surface area contributed by atoms with E-state index in [4.69, 9.17) is 14.5 Å². The summed E-state index contributed by atoms with van der Waals surface area (Å²) in [4.78, 5) is 45.0. The highest BCUT2D eigenvalue weighted by atomic mass is 31.2. The lowest BCUT2D eigenvalue weighted by Crippen LogP contribution is -2.38. The van der Waals surface area contributed by atoms with Crippen LogP contribution in [0, 0.1) is 0 Å². The molecule has 10 nitrogen and oxygen atoms in total. The molecule has 164 valence electrons. The number of fused-ring (bicyclic) bond motifs is 1. The summed E-state index contributed by atoms with van der Waals surface area (Å²) in [5.74, 6) is 0. The standard InChI is InChI=1S/C20H21N2O8P/c23-16-10-14(13-6-5-11-3-1-2-4-12(11)9-13)22(20(26)21-16)19-18(25)17(24)15(30-19)7-8-31(27,28)29/h1-6,9-10,15,17-19,24-25H,7-8H2,(H,21,23,26)(H2,27,28,29)/t15-,17-,18-,19-/m1/s1. The monoisotopic (exact) mass is 448 g/mol. The molecule has 31 heavy (non-hydrogen) atoms. The van der Waals surface area contributed by atoms with Crippen molar-refractivity contribution in [3.05, 3.63) is 69.4 Å². The molecule has 1 fully saturated rings. The molecule has 0 saturated carbocycles. The number of ether oxygens (including phenoxy) is 1. The number of nitrogens with one attached hydrogen (secondary N) is 1. The number of H-pyrrole nitrogens is 1. The zero-order valence-electron chi connectivity index (χ0n) is 16.2. The molecular weight excluding hydrogens is 427 g/mol. The molecule has 0 aliphatic carbocycles. The highest BCUT2D eigenvalue weighted by Gasteiger charge is 2.45. The van der Waals surface area contributed by atoms with Gasteiger partial charge >= 0.3 is 13.3 Å². The summed E-state index contributed by atoms with van der Waals surface area (Å²) in [7, 11) is -4.34. The second-order valence-electron chi connectivity index (χ2n) is 7.48. The molecule has 0 unspecified atom stereocenters. The van der Waals surface area contributed by atoms with E-state index in [2.05, 4.69) is 4.98 Å². The highest BCUT2D eigenvalue weighted by Crippen LogP contribution is 2.39. The number of aliphatic hydroxyl groups is 2. The first-order valence-corrected chi connectivity index (χ1v) is 11.3. The lowest BCUT2D eigenvalue weighted by molar-refractivity contribution is -0.0394. The molecule has 2 heterocycles. The average molecular weight is 448 g/mol. The van der Waals surface area contributed by atoms with Gasteiger partial charge in [-0.3, -0.25) is 18.9 Å². The van der Waals surface area contributed by atoms with Crippen LogP contribution in [0.5, 0.6) is 0 Å². The maximum Gasteiger partial charge on any atom is 0.331 e. The molecule has 1 aliphatic heterocycles. The van der Waals surface area contributed by atoms with Gasteiger partial charge in [-0.1, -0.05) is 36.4 Å². The maximum atomic E-state index is 12.7. The molecule has 3 aromatic rings. The van der Waals surface area contributed by atoms with Gasteiger partial charge in [0.25, 0.3) is 5.56 Å². The minimum atomic E-state index is -4.34. The quantitative estimate of drug-likeness (QED) is 0.353. The van der Waals surface area contributed by atoms with Crippen LogP contribution in [0.2, 0.25) is 0 Å². The smallest absolute Gasteiger partial charge is 0.331 e. The van der Waals surface area contributed by atoms with Crippen molar-refractivity contribution in [3.63, 3.8) is 0 Å². The Bertz CT molecular complexity index is 1280.